The van der Waals surface area contributed by atoms with Crippen molar-refractivity contribution in [1.29, 1.82) is 0 Å². The van der Waals surface area contributed by atoms with Crippen molar-refractivity contribution < 1.29 is 19.7 Å². The van der Waals surface area contributed by atoms with Crippen LogP contribution in [0.3, 0.4) is 0 Å². The molecule has 0 aliphatic rings. The Hall–Kier alpha value is -2.23. The van der Waals surface area contributed by atoms with Gasteiger partial charge in [0.15, 0.2) is 11.5 Å². The minimum atomic E-state index is -1.17. The summed E-state index contributed by atoms with van der Waals surface area (Å²) in [6, 6.07) is 4.43. The highest BCUT2D eigenvalue weighted by atomic mass is 16.5. The molecule has 0 amide bonds. The average Bonchev–Trinajstić information content (AvgIpc) is 2.40. The molecule has 0 aliphatic carbocycles. The first-order valence-electron chi connectivity index (χ1n) is 6.89. The molecule has 0 unspecified atom stereocenters. The lowest BCUT2D eigenvalue weighted by atomic mass is 10.1. The molecule has 1 aromatic carbocycles. The predicted molar refractivity (Wildman–Crippen MR) is 83.0 cm³/mol. The summed E-state index contributed by atoms with van der Waals surface area (Å²) in [6.07, 6.45) is 6.06. The van der Waals surface area contributed by atoms with Crippen molar-refractivity contribution in [3.05, 3.63) is 47.1 Å². The van der Waals surface area contributed by atoms with Gasteiger partial charge in [0.2, 0.25) is 0 Å². The normalized spacial score (nSPS) is 11.1. The third kappa shape index (κ3) is 5.73. The zero-order chi connectivity index (χ0) is 15.8. The second-order valence-electron chi connectivity index (χ2n) is 5.14. The smallest absolute Gasteiger partial charge is 0.339 e. The predicted octanol–water partition coefficient (Wildman–Crippen LogP) is 4.16. The first-order valence-corrected chi connectivity index (χ1v) is 6.89. The summed E-state index contributed by atoms with van der Waals surface area (Å²) in [5, 5.41) is 18.7. The van der Waals surface area contributed by atoms with E-state index in [1.165, 1.54) is 17.2 Å². The van der Waals surface area contributed by atoms with E-state index in [-0.39, 0.29) is 17.1 Å². The van der Waals surface area contributed by atoms with Crippen molar-refractivity contribution >= 4 is 5.97 Å². The molecule has 0 saturated heterocycles. The molecule has 4 heteroatoms. The van der Waals surface area contributed by atoms with Gasteiger partial charge in [-0.2, -0.15) is 0 Å². The summed E-state index contributed by atoms with van der Waals surface area (Å²) in [7, 11) is 0. The summed E-state index contributed by atoms with van der Waals surface area (Å²) >= 11 is 0. The lowest BCUT2D eigenvalue weighted by Crippen LogP contribution is -2.00. The van der Waals surface area contributed by atoms with E-state index in [0.717, 1.165) is 12.8 Å². The van der Waals surface area contributed by atoms with Crippen LogP contribution in [0.25, 0.3) is 0 Å². The van der Waals surface area contributed by atoms with Crippen LogP contribution in [0.4, 0.5) is 0 Å². The molecule has 4 nitrogen and oxygen atoms in total. The van der Waals surface area contributed by atoms with Gasteiger partial charge in [-0.1, -0.05) is 23.3 Å². The first-order chi connectivity index (χ1) is 9.91. The standard InChI is InChI=1S/C17H22O4/c1-12(2)6-4-7-13(3)10-11-21-15-9-5-8-14(16(15)18)17(19)20/h5-6,8-10,18H,4,7,11H2,1-3H3,(H,19,20). The number of ether oxygens (including phenoxy) is 1. The van der Waals surface area contributed by atoms with E-state index >= 15 is 0 Å². The number of carboxylic acids is 1. The summed E-state index contributed by atoms with van der Waals surface area (Å²) in [6.45, 7) is 6.47. The van der Waals surface area contributed by atoms with Crippen LogP contribution >= 0.6 is 0 Å². The average molecular weight is 290 g/mol. The van der Waals surface area contributed by atoms with E-state index in [4.69, 9.17) is 9.84 Å². The van der Waals surface area contributed by atoms with Gasteiger partial charge in [0.25, 0.3) is 0 Å². The number of carbonyl (C=O) groups is 1. The van der Waals surface area contributed by atoms with Crippen molar-refractivity contribution in [2.24, 2.45) is 0 Å². The minimum absolute atomic E-state index is 0.156. The number of allylic oxidation sites excluding steroid dienone is 3. The number of aromatic hydroxyl groups is 1. The van der Waals surface area contributed by atoms with E-state index in [9.17, 15) is 9.90 Å². The Morgan fingerprint density at radius 2 is 1.95 bits per heavy atom. The zero-order valence-corrected chi connectivity index (χ0v) is 12.7. The van der Waals surface area contributed by atoms with E-state index in [0.29, 0.717) is 6.61 Å². The van der Waals surface area contributed by atoms with Gasteiger partial charge in [-0.3, -0.25) is 0 Å². The van der Waals surface area contributed by atoms with Gasteiger partial charge in [0, 0.05) is 0 Å². The third-order valence-electron chi connectivity index (χ3n) is 2.99. The molecule has 0 spiro atoms. The van der Waals surface area contributed by atoms with Crippen LogP contribution in [-0.2, 0) is 0 Å². The topological polar surface area (TPSA) is 66.8 Å². The molecule has 2 N–H and O–H groups in total. The molecule has 114 valence electrons. The number of carboxylic acid groups (broad SMARTS) is 1. The molecule has 1 rings (SSSR count). The van der Waals surface area contributed by atoms with Gasteiger partial charge < -0.3 is 14.9 Å². The molecule has 21 heavy (non-hydrogen) atoms. The van der Waals surface area contributed by atoms with Crippen molar-refractivity contribution in [2.45, 2.75) is 33.6 Å². The van der Waals surface area contributed by atoms with E-state index in [2.05, 4.69) is 19.9 Å². The molecule has 0 saturated carbocycles. The molecule has 1 aromatic rings. The van der Waals surface area contributed by atoms with Crippen LogP contribution in [0, 0.1) is 0 Å². The van der Waals surface area contributed by atoms with Crippen molar-refractivity contribution in [2.75, 3.05) is 6.61 Å². The van der Waals surface area contributed by atoms with Crippen LogP contribution in [0.2, 0.25) is 0 Å². The van der Waals surface area contributed by atoms with Crippen LogP contribution in [-0.4, -0.2) is 22.8 Å². The van der Waals surface area contributed by atoms with Crippen molar-refractivity contribution in [3.8, 4) is 11.5 Å². The molecule has 0 aliphatic heterocycles. The van der Waals surface area contributed by atoms with Crippen molar-refractivity contribution in [3.63, 3.8) is 0 Å². The largest absolute Gasteiger partial charge is 0.504 e. The van der Waals surface area contributed by atoms with E-state index in [1.54, 1.807) is 12.1 Å². The Bertz CT molecular complexity index is 552. The molecule has 0 radical (unpaired) electrons. The van der Waals surface area contributed by atoms with Gasteiger partial charge in [-0.05, 0) is 51.8 Å². The number of rotatable bonds is 7. The summed E-state index contributed by atoms with van der Waals surface area (Å²) in [5.41, 5.74) is 2.34. The summed E-state index contributed by atoms with van der Waals surface area (Å²) in [4.78, 5) is 10.9. The van der Waals surface area contributed by atoms with Crippen LogP contribution in [0.15, 0.2) is 41.5 Å². The molecule has 0 aromatic heterocycles. The molecular weight excluding hydrogens is 268 g/mol. The second-order valence-corrected chi connectivity index (χ2v) is 5.14. The maximum absolute atomic E-state index is 10.9. The van der Waals surface area contributed by atoms with E-state index < -0.39 is 5.97 Å². The number of aromatic carboxylic acids is 1. The molecule has 0 fully saturated rings. The molecule has 0 bridgehead atoms. The third-order valence-corrected chi connectivity index (χ3v) is 2.99. The maximum atomic E-state index is 10.9. The Labute approximate surface area is 125 Å². The first kappa shape index (κ1) is 16.8. The Morgan fingerprint density at radius 3 is 2.57 bits per heavy atom. The second kappa shape index (κ2) is 8.15. The summed E-state index contributed by atoms with van der Waals surface area (Å²) < 4.78 is 5.42. The SMILES string of the molecule is CC(C)=CCCC(C)=CCOc1cccc(C(=O)O)c1O. The fraction of sp³-hybridized carbons (Fsp3) is 0.353. The van der Waals surface area contributed by atoms with E-state index in [1.807, 2.05) is 13.0 Å². The van der Waals surface area contributed by atoms with Gasteiger partial charge >= 0.3 is 5.97 Å². The van der Waals surface area contributed by atoms with Gasteiger partial charge in [-0.15, -0.1) is 0 Å². The maximum Gasteiger partial charge on any atom is 0.339 e. The number of phenols is 1. The van der Waals surface area contributed by atoms with Crippen LogP contribution < -0.4 is 4.74 Å². The van der Waals surface area contributed by atoms with Gasteiger partial charge in [-0.25, -0.2) is 4.79 Å². The number of para-hydroxylation sites is 1. The van der Waals surface area contributed by atoms with Crippen LogP contribution in [0.1, 0.15) is 44.0 Å². The Balaban J connectivity index is 2.58. The monoisotopic (exact) mass is 290 g/mol. The zero-order valence-electron chi connectivity index (χ0n) is 12.7. The molecule has 0 atom stereocenters. The summed E-state index contributed by atoms with van der Waals surface area (Å²) in [5.74, 6) is -1.32. The fourth-order valence-electron chi connectivity index (χ4n) is 1.78. The van der Waals surface area contributed by atoms with Gasteiger partial charge in [0.05, 0.1) is 0 Å². The fourth-order valence-corrected chi connectivity index (χ4v) is 1.78. The Kier molecular flexibility index (Phi) is 6.53. The van der Waals surface area contributed by atoms with Gasteiger partial charge in [0.1, 0.15) is 12.2 Å². The number of benzene rings is 1. The lowest BCUT2D eigenvalue weighted by Gasteiger charge is -2.08. The number of hydrogen-bond donors (Lipinski definition) is 2. The molecular formula is C17H22O4. The van der Waals surface area contributed by atoms with Crippen molar-refractivity contribution in [1.82, 2.24) is 0 Å². The highest BCUT2D eigenvalue weighted by molar-refractivity contribution is 5.91. The highest BCUT2D eigenvalue weighted by Gasteiger charge is 2.13. The minimum Gasteiger partial charge on any atom is -0.504 e. The molecule has 0 heterocycles. The lowest BCUT2D eigenvalue weighted by molar-refractivity contribution is 0.0693. The Morgan fingerprint density at radius 1 is 1.24 bits per heavy atom. The van der Waals surface area contributed by atoms with Crippen LogP contribution in [0.5, 0.6) is 11.5 Å². The highest BCUT2D eigenvalue weighted by Crippen LogP contribution is 2.29. The number of hydrogen-bond acceptors (Lipinski definition) is 3. The quantitative estimate of drug-likeness (QED) is 0.740.